The van der Waals surface area contributed by atoms with Gasteiger partial charge in [-0.2, -0.15) is 0 Å². The lowest BCUT2D eigenvalue weighted by Gasteiger charge is -2.20. The van der Waals surface area contributed by atoms with E-state index in [1.165, 1.54) is 0 Å². The predicted molar refractivity (Wildman–Crippen MR) is 74.5 cm³/mol. The van der Waals surface area contributed by atoms with Crippen molar-refractivity contribution in [2.45, 2.75) is 26.3 Å². The summed E-state index contributed by atoms with van der Waals surface area (Å²) in [7, 11) is 0. The van der Waals surface area contributed by atoms with Crippen LogP contribution in [0.1, 0.15) is 29.2 Å². The van der Waals surface area contributed by atoms with Crippen LogP contribution in [0.5, 0.6) is 0 Å². The van der Waals surface area contributed by atoms with Crippen molar-refractivity contribution in [1.82, 2.24) is 5.32 Å². The van der Waals surface area contributed by atoms with E-state index < -0.39 is 11.9 Å². The van der Waals surface area contributed by atoms with Crippen molar-refractivity contribution in [2.75, 3.05) is 13.1 Å². The molecule has 1 atom stereocenters. The molecule has 3 N–H and O–H groups in total. The van der Waals surface area contributed by atoms with Crippen LogP contribution in [0, 0.1) is 13.8 Å². The highest BCUT2D eigenvalue weighted by molar-refractivity contribution is 5.82. The summed E-state index contributed by atoms with van der Waals surface area (Å²) in [6.45, 7) is 4.89. The number of azide groups is 1. The topological polar surface area (TPSA) is 104 Å². The van der Waals surface area contributed by atoms with Gasteiger partial charge in [0.1, 0.15) is 6.04 Å². The molecular weight excluding hydrogens is 242 g/mol. The number of carbonyl (C=O) groups excluding carboxylic acids is 1. The van der Waals surface area contributed by atoms with E-state index in [4.69, 9.17) is 11.3 Å². The number of hydrogen-bond donors (Lipinski definition) is 2. The number of nitrogens with one attached hydrogen (secondary N) is 1. The number of primary amides is 1. The number of nitrogens with two attached hydrogens (primary N) is 1. The quantitative estimate of drug-likeness (QED) is 0.339. The van der Waals surface area contributed by atoms with Crippen LogP contribution in [0.4, 0.5) is 0 Å². The van der Waals surface area contributed by atoms with Gasteiger partial charge in [-0.05, 0) is 49.0 Å². The predicted octanol–water partition coefficient (Wildman–Crippen LogP) is 2.12. The number of aryl methyl sites for hydroxylation is 2. The Morgan fingerprint density at radius 1 is 1.47 bits per heavy atom. The third-order valence-corrected chi connectivity index (χ3v) is 2.96. The molecule has 102 valence electrons. The van der Waals surface area contributed by atoms with Gasteiger partial charge >= 0.3 is 0 Å². The molecule has 1 amide bonds. The molecule has 0 saturated carbocycles. The molecule has 1 aromatic carbocycles. The van der Waals surface area contributed by atoms with Crippen LogP contribution in [-0.4, -0.2) is 19.0 Å². The lowest BCUT2D eigenvalue weighted by Crippen LogP contribution is -2.35. The summed E-state index contributed by atoms with van der Waals surface area (Å²) in [6, 6.07) is 5.36. The van der Waals surface area contributed by atoms with Crippen LogP contribution in [0.3, 0.4) is 0 Å². The number of benzene rings is 1. The van der Waals surface area contributed by atoms with Gasteiger partial charge in [0.25, 0.3) is 0 Å². The molecule has 1 unspecified atom stereocenters. The standard InChI is InChI=1S/C13H19N5O/c1-9-5-3-6-10(2)11(9)12(13(14)19)16-7-4-8-17-18-15/h3,5-6,12,16H,4,7-8H2,1-2H3,(H2,14,19). The fraction of sp³-hybridized carbons (Fsp3) is 0.462. The first-order chi connectivity index (χ1) is 9.07. The molecule has 6 nitrogen and oxygen atoms in total. The first kappa shape index (κ1) is 15.0. The maximum atomic E-state index is 11.6. The van der Waals surface area contributed by atoms with E-state index in [0.717, 1.165) is 16.7 Å². The summed E-state index contributed by atoms with van der Waals surface area (Å²) in [5.41, 5.74) is 16.6. The Morgan fingerprint density at radius 3 is 2.63 bits per heavy atom. The van der Waals surface area contributed by atoms with Gasteiger partial charge in [0, 0.05) is 11.5 Å². The van der Waals surface area contributed by atoms with E-state index >= 15 is 0 Å². The maximum absolute atomic E-state index is 11.6. The summed E-state index contributed by atoms with van der Waals surface area (Å²) in [5.74, 6) is -0.402. The highest BCUT2D eigenvalue weighted by Crippen LogP contribution is 2.21. The molecule has 0 spiro atoms. The second-order valence-corrected chi connectivity index (χ2v) is 4.40. The number of carbonyl (C=O) groups is 1. The Hall–Kier alpha value is -2.04. The molecule has 0 aliphatic carbocycles. The molecule has 0 heterocycles. The van der Waals surface area contributed by atoms with E-state index in [2.05, 4.69) is 15.3 Å². The second-order valence-electron chi connectivity index (χ2n) is 4.40. The Morgan fingerprint density at radius 2 is 2.11 bits per heavy atom. The van der Waals surface area contributed by atoms with E-state index in [1.54, 1.807) is 0 Å². The Kier molecular flexibility index (Phi) is 5.85. The van der Waals surface area contributed by atoms with E-state index in [-0.39, 0.29) is 0 Å². The zero-order valence-corrected chi connectivity index (χ0v) is 11.3. The van der Waals surface area contributed by atoms with Crippen molar-refractivity contribution in [3.8, 4) is 0 Å². The zero-order valence-electron chi connectivity index (χ0n) is 11.3. The van der Waals surface area contributed by atoms with Gasteiger partial charge in [0.2, 0.25) is 5.91 Å². The van der Waals surface area contributed by atoms with E-state index in [1.807, 2.05) is 32.0 Å². The Labute approximate surface area is 112 Å². The van der Waals surface area contributed by atoms with Gasteiger partial charge in [-0.15, -0.1) is 0 Å². The van der Waals surface area contributed by atoms with Crippen LogP contribution < -0.4 is 11.1 Å². The highest BCUT2D eigenvalue weighted by atomic mass is 16.1. The maximum Gasteiger partial charge on any atom is 0.239 e. The van der Waals surface area contributed by atoms with Gasteiger partial charge in [0.15, 0.2) is 0 Å². The molecule has 6 heteroatoms. The van der Waals surface area contributed by atoms with E-state index in [0.29, 0.717) is 19.5 Å². The van der Waals surface area contributed by atoms with Crippen LogP contribution in [0.25, 0.3) is 10.4 Å². The van der Waals surface area contributed by atoms with Crippen LogP contribution in [0.15, 0.2) is 23.3 Å². The van der Waals surface area contributed by atoms with Crippen LogP contribution in [-0.2, 0) is 4.79 Å². The Balaban J connectivity index is 2.78. The lowest BCUT2D eigenvalue weighted by atomic mass is 9.95. The molecule has 0 aliphatic heterocycles. The van der Waals surface area contributed by atoms with Crippen LogP contribution >= 0.6 is 0 Å². The van der Waals surface area contributed by atoms with Crippen molar-refractivity contribution >= 4 is 5.91 Å². The zero-order chi connectivity index (χ0) is 14.3. The highest BCUT2D eigenvalue weighted by Gasteiger charge is 2.20. The van der Waals surface area contributed by atoms with Crippen molar-refractivity contribution in [3.63, 3.8) is 0 Å². The second kappa shape index (κ2) is 7.41. The minimum Gasteiger partial charge on any atom is -0.368 e. The van der Waals surface area contributed by atoms with E-state index in [9.17, 15) is 4.79 Å². The van der Waals surface area contributed by atoms with Gasteiger partial charge in [0.05, 0.1) is 0 Å². The lowest BCUT2D eigenvalue weighted by molar-refractivity contribution is -0.120. The first-order valence-electron chi connectivity index (χ1n) is 6.17. The van der Waals surface area contributed by atoms with Crippen molar-refractivity contribution in [2.24, 2.45) is 10.8 Å². The molecule has 0 radical (unpaired) electrons. The number of rotatable bonds is 7. The summed E-state index contributed by atoms with van der Waals surface area (Å²) in [5, 5.41) is 6.56. The molecule has 0 fully saturated rings. The van der Waals surface area contributed by atoms with Crippen molar-refractivity contribution in [1.29, 1.82) is 0 Å². The first-order valence-corrected chi connectivity index (χ1v) is 6.17. The Bertz CT molecular complexity index is 474. The number of amides is 1. The van der Waals surface area contributed by atoms with Gasteiger partial charge in [-0.1, -0.05) is 23.3 Å². The molecule has 0 bridgehead atoms. The normalized spacial score (nSPS) is 11.7. The molecule has 0 aliphatic rings. The molecular formula is C13H19N5O. The monoisotopic (exact) mass is 261 g/mol. The van der Waals surface area contributed by atoms with Gasteiger partial charge in [-0.3, -0.25) is 4.79 Å². The minimum absolute atomic E-state index is 0.402. The SMILES string of the molecule is Cc1cccc(C)c1C(NCCCN=[N+]=[N-])C(N)=O. The molecule has 0 saturated heterocycles. The fourth-order valence-electron chi connectivity index (χ4n) is 2.07. The van der Waals surface area contributed by atoms with Gasteiger partial charge in [-0.25, -0.2) is 0 Å². The average Bonchev–Trinajstić information content (AvgIpc) is 2.35. The van der Waals surface area contributed by atoms with Crippen molar-refractivity contribution < 1.29 is 4.79 Å². The van der Waals surface area contributed by atoms with Crippen molar-refractivity contribution in [3.05, 3.63) is 45.3 Å². The molecule has 19 heavy (non-hydrogen) atoms. The number of nitrogens with zero attached hydrogens (tertiary/aromatic N) is 3. The van der Waals surface area contributed by atoms with Gasteiger partial charge < -0.3 is 11.1 Å². The molecule has 1 rings (SSSR count). The molecule has 1 aromatic rings. The fourth-order valence-corrected chi connectivity index (χ4v) is 2.07. The third-order valence-electron chi connectivity index (χ3n) is 2.96. The largest absolute Gasteiger partial charge is 0.368 e. The van der Waals surface area contributed by atoms with Crippen LogP contribution in [0.2, 0.25) is 0 Å². The third kappa shape index (κ3) is 4.28. The minimum atomic E-state index is -0.507. The molecule has 0 aromatic heterocycles. The summed E-state index contributed by atoms with van der Waals surface area (Å²) in [4.78, 5) is 14.3. The summed E-state index contributed by atoms with van der Waals surface area (Å²) >= 11 is 0. The average molecular weight is 261 g/mol. The summed E-state index contributed by atoms with van der Waals surface area (Å²) in [6.07, 6.45) is 0.665. The smallest absolute Gasteiger partial charge is 0.239 e. The summed E-state index contributed by atoms with van der Waals surface area (Å²) < 4.78 is 0. The number of hydrogen-bond acceptors (Lipinski definition) is 3.